The lowest BCUT2D eigenvalue weighted by Crippen LogP contribution is -2.28. The van der Waals surface area contributed by atoms with Crippen molar-refractivity contribution >= 4 is 17.7 Å². The largest absolute Gasteiger partial charge is 0.487 e. The Balaban J connectivity index is 1.76. The maximum Gasteiger partial charge on any atom is 0.416 e. The van der Waals surface area contributed by atoms with E-state index in [-0.39, 0.29) is 18.4 Å². The molecule has 178 valence electrons. The molecule has 0 bridgehead atoms. The molecule has 0 fully saturated rings. The molecule has 33 heavy (non-hydrogen) atoms. The van der Waals surface area contributed by atoms with Crippen molar-refractivity contribution in [3.63, 3.8) is 0 Å². The van der Waals surface area contributed by atoms with E-state index in [0.29, 0.717) is 5.70 Å². The summed E-state index contributed by atoms with van der Waals surface area (Å²) in [5.41, 5.74) is 5.68. The number of halogens is 3. The van der Waals surface area contributed by atoms with Gasteiger partial charge < -0.3 is 14.5 Å². The van der Waals surface area contributed by atoms with Crippen molar-refractivity contribution in [2.24, 2.45) is 4.99 Å². The molecule has 0 amide bonds. The van der Waals surface area contributed by atoms with Gasteiger partial charge in [-0.2, -0.15) is 13.2 Å². The van der Waals surface area contributed by atoms with E-state index in [1.54, 1.807) is 0 Å². The number of fused-ring (bicyclic) bond motifs is 1. The smallest absolute Gasteiger partial charge is 0.416 e. The standard InChI is InChI=1S/C24H29F3N4O2/c1-5-30(3)16-28-20-9-10-23-18(12-20)11-17(2)31(23)14-21(29-32-4)15-33-22-8-6-7-19(13-22)24(25,26)27/h6-10,12-14,16-17,29H,5,11,15H2,1-4H3. The number of nitrogens with zero attached hydrogens (tertiary/aromatic N) is 3. The van der Waals surface area contributed by atoms with Gasteiger partial charge in [-0.3, -0.25) is 10.3 Å². The molecule has 1 unspecified atom stereocenters. The molecule has 0 saturated carbocycles. The summed E-state index contributed by atoms with van der Waals surface area (Å²) in [7, 11) is 3.44. The zero-order valence-corrected chi connectivity index (χ0v) is 19.2. The molecule has 0 radical (unpaired) electrons. The third-order valence-electron chi connectivity index (χ3n) is 5.32. The van der Waals surface area contributed by atoms with E-state index in [9.17, 15) is 13.2 Å². The van der Waals surface area contributed by atoms with Crippen molar-refractivity contribution in [1.82, 2.24) is 10.4 Å². The van der Waals surface area contributed by atoms with Crippen LogP contribution in [0.1, 0.15) is 25.0 Å². The van der Waals surface area contributed by atoms with E-state index >= 15 is 0 Å². The topological polar surface area (TPSA) is 49.3 Å². The summed E-state index contributed by atoms with van der Waals surface area (Å²) in [4.78, 5) is 13.7. The van der Waals surface area contributed by atoms with E-state index < -0.39 is 11.7 Å². The molecule has 0 aromatic heterocycles. The molecule has 1 atom stereocenters. The van der Waals surface area contributed by atoms with E-state index in [4.69, 9.17) is 9.57 Å². The minimum absolute atomic E-state index is 0.0133. The van der Waals surface area contributed by atoms with Crippen LogP contribution < -0.4 is 15.1 Å². The lowest BCUT2D eigenvalue weighted by molar-refractivity contribution is -0.137. The average molecular weight is 463 g/mol. The number of alkyl halides is 3. The highest BCUT2D eigenvalue weighted by Gasteiger charge is 2.30. The Labute approximate surface area is 192 Å². The summed E-state index contributed by atoms with van der Waals surface area (Å²) in [5, 5.41) is 0. The third kappa shape index (κ3) is 6.41. The first kappa shape index (κ1) is 24.4. The number of nitrogens with one attached hydrogen (secondary N) is 1. The quantitative estimate of drug-likeness (QED) is 0.318. The molecule has 0 saturated heterocycles. The molecule has 9 heteroatoms. The minimum atomic E-state index is -4.42. The van der Waals surface area contributed by atoms with Gasteiger partial charge in [0.1, 0.15) is 12.4 Å². The van der Waals surface area contributed by atoms with Crippen molar-refractivity contribution in [2.45, 2.75) is 32.5 Å². The molecule has 2 aromatic rings. The van der Waals surface area contributed by atoms with Crippen LogP contribution >= 0.6 is 0 Å². The predicted octanol–water partition coefficient (Wildman–Crippen LogP) is 5.14. The normalized spacial score (nSPS) is 16.3. The maximum atomic E-state index is 13.0. The number of rotatable bonds is 9. The van der Waals surface area contributed by atoms with Gasteiger partial charge >= 0.3 is 6.18 Å². The van der Waals surface area contributed by atoms with Crippen LogP contribution in [0.4, 0.5) is 24.5 Å². The van der Waals surface area contributed by atoms with Gasteiger partial charge in [0.05, 0.1) is 30.4 Å². The van der Waals surface area contributed by atoms with Gasteiger partial charge in [-0.15, -0.1) is 0 Å². The molecule has 2 aromatic carbocycles. The Hall–Kier alpha value is -3.20. The summed E-state index contributed by atoms with van der Waals surface area (Å²) in [6, 6.07) is 11.0. The number of ether oxygens (including phenoxy) is 1. The summed E-state index contributed by atoms with van der Waals surface area (Å²) in [6.07, 6.45) is 0.0881. The molecular formula is C24H29F3N4O2. The van der Waals surface area contributed by atoms with Crippen molar-refractivity contribution in [3.05, 3.63) is 65.5 Å². The minimum Gasteiger partial charge on any atom is -0.487 e. The number of hydrogen-bond acceptors (Lipinski definition) is 5. The molecule has 6 nitrogen and oxygen atoms in total. The first-order valence-corrected chi connectivity index (χ1v) is 10.7. The van der Waals surface area contributed by atoms with Crippen molar-refractivity contribution in [2.75, 3.05) is 32.2 Å². The van der Waals surface area contributed by atoms with Gasteiger partial charge in [0.2, 0.25) is 0 Å². The van der Waals surface area contributed by atoms with Gasteiger partial charge in [0.15, 0.2) is 0 Å². The SMILES string of the molecule is CCN(C)C=Nc1ccc2c(c1)CC(C)N2C=C(COc1cccc(C(F)(F)F)c1)NOC. The second-order valence-electron chi connectivity index (χ2n) is 7.87. The summed E-state index contributed by atoms with van der Waals surface area (Å²) < 4.78 is 44.5. The van der Waals surface area contributed by atoms with Crippen molar-refractivity contribution in [1.29, 1.82) is 0 Å². The number of hydrogen-bond donors (Lipinski definition) is 1. The Morgan fingerprint density at radius 1 is 1.27 bits per heavy atom. The molecule has 0 spiro atoms. The zero-order valence-electron chi connectivity index (χ0n) is 19.2. The van der Waals surface area contributed by atoms with Gasteiger partial charge in [-0.05, 0) is 62.2 Å². The molecule has 1 aliphatic heterocycles. The van der Waals surface area contributed by atoms with Gasteiger partial charge in [0, 0.05) is 31.5 Å². The lowest BCUT2D eigenvalue weighted by Gasteiger charge is -2.22. The van der Waals surface area contributed by atoms with Crippen LogP contribution in [0.25, 0.3) is 0 Å². The molecule has 1 aliphatic rings. The van der Waals surface area contributed by atoms with E-state index in [1.807, 2.05) is 36.6 Å². The van der Waals surface area contributed by atoms with Gasteiger partial charge in [-0.1, -0.05) is 6.07 Å². The van der Waals surface area contributed by atoms with Crippen LogP contribution in [-0.4, -0.2) is 44.6 Å². The second-order valence-corrected chi connectivity index (χ2v) is 7.87. The summed E-state index contributed by atoms with van der Waals surface area (Å²) in [6.45, 7) is 5.05. The summed E-state index contributed by atoms with van der Waals surface area (Å²) >= 11 is 0. The van der Waals surface area contributed by atoms with Crippen molar-refractivity contribution in [3.8, 4) is 5.75 Å². The fourth-order valence-corrected chi connectivity index (χ4v) is 3.48. The fourth-order valence-electron chi connectivity index (χ4n) is 3.48. The van der Waals surface area contributed by atoms with Crippen LogP contribution in [0.2, 0.25) is 0 Å². The monoisotopic (exact) mass is 462 g/mol. The van der Waals surface area contributed by atoms with Crippen LogP contribution in [0.5, 0.6) is 5.75 Å². The van der Waals surface area contributed by atoms with E-state index in [2.05, 4.69) is 35.3 Å². The Kier molecular flexibility index (Phi) is 7.86. The summed E-state index contributed by atoms with van der Waals surface area (Å²) in [5.74, 6) is 0.128. The highest BCUT2D eigenvalue weighted by atomic mass is 19.4. The van der Waals surface area contributed by atoms with E-state index in [1.165, 1.54) is 24.8 Å². The first-order chi connectivity index (χ1) is 15.7. The highest BCUT2D eigenvalue weighted by molar-refractivity contribution is 5.68. The first-order valence-electron chi connectivity index (χ1n) is 10.7. The Bertz CT molecular complexity index is 1010. The Morgan fingerprint density at radius 2 is 2.06 bits per heavy atom. The van der Waals surface area contributed by atoms with Crippen LogP contribution in [0, 0.1) is 0 Å². The number of hydroxylamine groups is 1. The molecular weight excluding hydrogens is 433 g/mol. The second kappa shape index (κ2) is 10.6. The zero-order chi connectivity index (χ0) is 24.0. The molecule has 3 rings (SSSR count). The lowest BCUT2D eigenvalue weighted by atomic mass is 10.1. The van der Waals surface area contributed by atoms with E-state index in [0.717, 1.165) is 36.5 Å². The number of anilines is 1. The molecule has 0 aliphatic carbocycles. The van der Waals surface area contributed by atoms with Gasteiger partial charge in [-0.25, -0.2) is 4.99 Å². The molecule has 1 heterocycles. The predicted molar refractivity (Wildman–Crippen MR) is 124 cm³/mol. The molecule has 1 N–H and O–H groups in total. The Morgan fingerprint density at radius 3 is 2.76 bits per heavy atom. The fraction of sp³-hybridized carbons (Fsp3) is 0.375. The van der Waals surface area contributed by atoms with Crippen molar-refractivity contribution < 1.29 is 22.7 Å². The third-order valence-corrected chi connectivity index (χ3v) is 5.32. The van der Waals surface area contributed by atoms with Crippen LogP contribution in [-0.2, 0) is 17.4 Å². The average Bonchev–Trinajstić information content (AvgIpc) is 3.09. The maximum absolute atomic E-state index is 13.0. The number of aliphatic imine (C=N–C) groups is 1. The number of benzene rings is 2. The van der Waals surface area contributed by atoms with Crippen LogP contribution in [0.15, 0.2) is 59.4 Å². The highest BCUT2D eigenvalue weighted by Crippen LogP contribution is 2.35. The van der Waals surface area contributed by atoms with Crippen LogP contribution in [0.3, 0.4) is 0 Å². The van der Waals surface area contributed by atoms with Gasteiger partial charge in [0.25, 0.3) is 0 Å².